The minimum Gasteiger partial charge on any atom is -0.388 e. The lowest BCUT2D eigenvalue weighted by Gasteiger charge is -2.25. The lowest BCUT2D eigenvalue weighted by Crippen LogP contribution is -2.09. The smallest absolute Gasteiger partial charge is 0.174 e. The first-order chi connectivity index (χ1) is 18.0. The fraction of sp³-hybridized carbons (Fsp3) is 0. The second-order valence-corrected chi connectivity index (χ2v) is 7.34. The first-order valence-electron chi connectivity index (χ1n) is 10.7. The van der Waals surface area contributed by atoms with Gasteiger partial charge in [-0.15, -0.1) is 0 Å². The van der Waals surface area contributed by atoms with Gasteiger partial charge in [-0.1, -0.05) is 42.5 Å². The van der Waals surface area contributed by atoms with Gasteiger partial charge >= 0.3 is 0 Å². The Hall–Kier alpha value is -6.16. The van der Waals surface area contributed by atoms with Crippen LogP contribution in [0.1, 0.15) is 11.1 Å². The summed E-state index contributed by atoms with van der Waals surface area (Å²) < 4.78 is 0. The highest BCUT2D eigenvalue weighted by molar-refractivity contribution is 5.85. The van der Waals surface area contributed by atoms with E-state index in [1.165, 1.54) is 12.4 Å². The summed E-state index contributed by atoms with van der Waals surface area (Å²) in [5.74, 6) is 0. The van der Waals surface area contributed by atoms with Crippen molar-refractivity contribution < 1.29 is 0 Å². The Kier molecular flexibility index (Phi) is 8.49. The molecule has 0 amide bonds. The van der Waals surface area contributed by atoms with Gasteiger partial charge in [-0.05, 0) is 47.5 Å². The zero-order chi connectivity index (χ0) is 26.6. The van der Waals surface area contributed by atoms with Crippen LogP contribution in [0, 0.1) is 45.3 Å². The summed E-state index contributed by atoms with van der Waals surface area (Å²) in [6.45, 7) is 0. The molecule has 0 aliphatic rings. The lowest BCUT2D eigenvalue weighted by atomic mass is 10.1. The molecule has 9 nitrogen and oxygen atoms in total. The van der Waals surface area contributed by atoms with Gasteiger partial charge in [0.2, 0.25) is 0 Å². The number of anilines is 3. The van der Waals surface area contributed by atoms with E-state index < -0.39 is 0 Å². The van der Waals surface area contributed by atoms with Gasteiger partial charge in [0.05, 0.1) is 0 Å². The van der Waals surface area contributed by atoms with E-state index in [1.54, 1.807) is 24.3 Å². The van der Waals surface area contributed by atoms with E-state index in [0.717, 1.165) is 28.2 Å². The number of nitriles is 4. The molecular formula is C28H19N9. The molecule has 0 fully saturated rings. The van der Waals surface area contributed by atoms with Gasteiger partial charge in [0, 0.05) is 29.5 Å². The molecule has 0 bridgehead atoms. The Bertz CT molecular complexity index is 1450. The van der Waals surface area contributed by atoms with E-state index >= 15 is 0 Å². The van der Waals surface area contributed by atoms with Gasteiger partial charge in [-0.3, -0.25) is 0 Å². The van der Waals surface area contributed by atoms with E-state index in [2.05, 4.69) is 9.98 Å². The molecule has 4 N–H and O–H groups in total. The fourth-order valence-corrected chi connectivity index (χ4v) is 3.14. The summed E-state index contributed by atoms with van der Waals surface area (Å²) >= 11 is 0. The zero-order valence-electron chi connectivity index (χ0n) is 19.4. The lowest BCUT2D eigenvalue weighted by molar-refractivity contribution is 1.27. The predicted octanol–water partition coefficient (Wildman–Crippen LogP) is 4.43. The minimum atomic E-state index is -0.243. The summed E-state index contributed by atoms with van der Waals surface area (Å²) in [6.07, 6.45) is 2.94. The fourth-order valence-electron chi connectivity index (χ4n) is 3.14. The molecule has 3 aromatic carbocycles. The van der Waals surface area contributed by atoms with Gasteiger partial charge in [0.25, 0.3) is 0 Å². The minimum absolute atomic E-state index is 0.145. The Morgan fingerprint density at radius 3 is 1.30 bits per heavy atom. The first-order valence-corrected chi connectivity index (χ1v) is 10.7. The molecular weight excluding hydrogens is 462 g/mol. The average molecular weight is 482 g/mol. The molecule has 9 heteroatoms. The highest BCUT2D eigenvalue weighted by Crippen LogP contribution is 2.34. The molecule has 0 unspecified atom stereocenters. The number of hydrogen-bond donors (Lipinski definition) is 2. The van der Waals surface area contributed by atoms with Crippen molar-refractivity contribution in [3.63, 3.8) is 0 Å². The number of benzene rings is 3. The van der Waals surface area contributed by atoms with E-state index in [0.29, 0.717) is 0 Å². The number of nitrogens with two attached hydrogens (primary N) is 2. The highest BCUT2D eigenvalue weighted by atomic mass is 15.1. The predicted molar refractivity (Wildman–Crippen MR) is 141 cm³/mol. The van der Waals surface area contributed by atoms with Gasteiger partial charge in [-0.2, -0.15) is 21.0 Å². The zero-order valence-corrected chi connectivity index (χ0v) is 19.4. The van der Waals surface area contributed by atoms with Gasteiger partial charge in [0.1, 0.15) is 35.7 Å². The van der Waals surface area contributed by atoms with Gasteiger partial charge < -0.3 is 16.4 Å². The van der Waals surface area contributed by atoms with Crippen LogP contribution in [0.15, 0.2) is 112 Å². The number of allylic oxidation sites excluding steroid dienone is 4. The van der Waals surface area contributed by atoms with Crippen LogP contribution in [-0.4, -0.2) is 12.4 Å². The largest absolute Gasteiger partial charge is 0.388 e. The Morgan fingerprint density at radius 1 is 0.568 bits per heavy atom. The summed E-state index contributed by atoms with van der Waals surface area (Å²) in [5, 5.41) is 35.9. The molecule has 0 spiro atoms. The van der Waals surface area contributed by atoms with Gasteiger partial charge in [0.15, 0.2) is 11.4 Å². The molecule has 0 radical (unpaired) electrons. The molecule has 0 atom stereocenters. The van der Waals surface area contributed by atoms with Crippen molar-refractivity contribution >= 4 is 29.5 Å². The number of para-hydroxylation sites is 1. The van der Waals surface area contributed by atoms with Crippen LogP contribution in [0.3, 0.4) is 0 Å². The third kappa shape index (κ3) is 6.46. The van der Waals surface area contributed by atoms with E-state index in [1.807, 2.05) is 83.8 Å². The normalized spacial score (nSPS) is 12.0. The summed E-state index contributed by atoms with van der Waals surface area (Å²) in [5.41, 5.74) is 14.3. The van der Waals surface area contributed by atoms with Crippen LogP contribution in [-0.2, 0) is 0 Å². The molecule has 3 aromatic rings. The molecule has 0 aliphatic carbocycles. The van der Waals surface area contributed by atoms with Crippen LogP contribution < -0.4 is 16.4 Å². The molecule has 0 saturated heterocycles. The maximum atomic E-state index is 9.10. The van der Waals surface area contributed by atoms with Crippen LogP contribution in [0.5, 0.6) is 0 Å². The Labute approximate surface area is 214 Å². The Balaban J connectivity index is 1.94. The summed E-state index contributed by atoms with van der Waals surface area (Å²) in [7, 11) is 0. The maximum absolute atomic E-state index is 9.10. The molecule has 3 rings (SSSR count). The topological polar surface area (TPSA) is 175 Å². The second-order valence-electron chi connectivity index (χ2n) is 7.34. The molecule has 37 heavy (non-hydrogen) atoms. The van der Waals surface area contributed by atoms with Crippen molar-refractivity contribution in [3.8, 4) is 24.3 Å². The third-order valence-corrected chi connectivity index (χ3v) is 4.97. The van der Waals surface area contributed by atoms with Crippen molar-refractivity contribution in [2.45, 2.75) is 0 Å². The van der Waals surface area contributed by atoms with Crippen molar-refractivity contribution in [2.24, 2.45) is 21.5 Å². The number of rotatable bonds is 7. The Morgan fingerprint density at radius 2 is 0.946 bits per heavy atom. The summed E-state index contributed by atoms with van der Waals surface area (Å²) in [6, 6.07) is 31.8. The number of hydrogen-bond acceptors (Lipinski definition) is 9. The van der Waals surface area contributed by atoms with Crippen LogP contribution >= 0.6 is 0 Å². The molecule has 176 valence electrons. The van der Waals surface area contributed by atoms with Crippen molar-refractivity contribution in [1.29, 1.82) is 21.0 Å². The van der Waals surface area contributed by atoms with Crippen molar-refractivity contribution in [1.82, 2.24) is 0 Å². The molecule has 0 aromatic heterocycles. The van der Waals surface area contributed by atoms with E-state index in [-0.39, 0.29) is 22.8 Å². The molecule has 0 aliphatic heterocycles. The van der Waals surface area contributed by atoms with E-state index in [9.17, 15) is 0 Å². The SMILES string of the molecule is N#C/C(N)=C(\C#N)N=Cc1ccc(N(c2ccccc2)c2ccc(C=N/C(C#N)=C(\N)C#N)cc2)cc1. The number of nitrogens with zero attached hydrogens (tertiary/aromatic N) is 7. The van der Waals surface area contributed by atoms with E-state index in [4.69, 9.17) is 32.5 Å². The highest BCUT2D eigenvalue weighted by Gasteiger charge is 2.12. The second kappa shape index (κ2) is 12.3. The van der Waals surface area contributed by atoms with Gasteiger partial charge in [-0.25, -0.2) is 9.98 Å². The maximum Gasteiger partial charge on any atom is 0.174 e. The van der Waals surface area contributed by atoms with Crippen molar-refractivity contribution in [3.05, 3.63) is 113 Å². The molecule has 0 saturated carbocycles. The summed E-state index contributed by atoms with van der Waals surface area (Å²) in [4.78, 5) is 10.1. The average Bonchev–Trinajstić information content (AvgIpc) is 2.95. The van der Waals surface area contributed by atoms with Crippen molar-refractivity contribution in [2.75, 3.05) is 4.90 Å². The molecule has 0 heterocycles. The first kappa shape index (κ1) is 25.5. The standard InChI is InChI=1S/C28H19N9/c29-14-25(33)27(16-31)35-18-20-6-10-23(11-7-20)37(22-4-2-1-3-5-22)24-12-8-21(9-13-24)19-36-28(17-32)26(34)15-30/h1-13,18-19H,33-34H2/b27-25-,28-26-,35-18?,36-19?. The third-order valence-electron chi connectivity index (χ3n) is 4.97. The van der Waals surface area contributed by atoms with Crippen LogP contribution in [0.25, 0.3) is 0 Å². The number of aliphatic imine (C=N–C) groups is 2. The monoisotopic (exact) mass is 481 g/mol. The van der Waals surface area contributed by atoms with Crippen LogP contribution in [0.2, 0.25) is 0 Å². The quantitative estimate of drug-likeness (QED) is 0.370. The van der Waals surface area contributed by atoms with Crippen LogP contribution in [0.4, 0.5) is 17.1 Å².